The quantitative estimate of drug-likeness (QED) is 0.598. The van der Waals surface area contributed by atoms with Crippen molar-refractivity contribution in [1.82, 2.24) is 0 Å². The molecule has 2 fully saturated rings. The maximum Gasteiger partial charge on any atom is 0.173 e. The van der Waals surface area contributed by atoms with Crippen molar-refractivity contribution < 1.29 is 0 Å². The van der Waals surface area contributed by atoms with Gasteiger partial charge in [0.1, 0.15) is 0 Å². The Morgan fingerprint density at radius 2 is 1.00 bits per heavy atom. The molecule has 2 aliphatic carbocycles. The number of hydrogen-bond acceptors (Lipinski definition) is 6. The Morgan fingerprint density at radius 3 is 1.30 bits per heavy atom. The van der Waals surface area contributed by atoms with Crippen LogP contribution in [-0.2, 0) is 0 Å². The van der Waals surface area contributed by atoms with E-state index in [1.165, 1.54) is 38.5 Å². The maximum absolute atomic E-state index is 11.1. The average molecular weight is 316 g/mol. The van der Waals surface area contributed by atoms with E-state index in [1.54, 1.807) is 23.5 Å². The normalized spacial score (nSPS) is 25.0. The van der Waals surface area contributed by atoms with Crippen LogP contribution in [0.1, 0.15) is 64.2 Å². The van der Waals surface area contributed by atoms with E-state index >= 15 is 0 Å². The van der Waals surface area contributed by atoms with Crippen LogP contribution in [0, 0.1) is 9.81 Å². The zero-order valence-corrected chi connectivity index (χ0v) is 13.5. The summed E-state index contributed by atoms with van der Waals surface area (Å²) in [7, 11) is 0. The fraction of sp³-hybridized carbons (Fsp3) is 1.00. The van der Waals surface area contributed by atoms with Crippen LogP contribution >= 0.6 is 23.5 Å². The summed E-state index contributed by atoms with van der Waals surface area (Å²) in [6, 6.07) is 0. The second kappa shape index (κ2) is 9.03. The molecule has 0 aromatic rings. The molecule has 0 aromatic heterocycles. The summed E-state index contributed by atoms with van der Waals surface area (Å²) in [4.78, 5) is 22.3. The van der Waals surface area contributed by atoms with Crippen LogP contribution in [0.15, 0.2) is 10.4 Å². The van der Waals surface area contributed by atoms with Gasteiger partial charge < -0.3 is 0 Å². The molecule has 0 amide bonds. The molecule has 2 aliphatic rings. The molecule has 20 heavy (non-hydrogen) atoms. The minimum Gasteiger partial charge on any atom is -0.149 e. The van der Waals surface area contributed by atoms with Gasteiger partial charge in [0, 0.05) is 10.5 Å². The van der Waals surface area contributed by atoms with Crippen molar-refractivity contribution in [2.24, 2.45) is 10.4 Å². The summed E-state index contributed by atoms with van der Waals surface area (Å²) in [5, 5.41) is 6.42. The van der Waals surface area contributed by atoms with Gasteiger partial charge in [-0.05, 0) is 25.7 Å². The first kappa shape index (κ1) is 16.3. The van der Waals surface area contributed by atoms with Gasteiger partial charge in [-0.25, -0.2) is 0 Å². The van der Waals surface area contributed by atoms with Crippen molar-refractivity contribution >= 4 is 23.5 Å². The fourth-order valence-corrected chi connectivity index (χ4v) is 5.94. The third kappa shape index (κ3) is 5.02. The summed E-state index contributed by atoms with van der Waals surface area (Å²) in [6.45, 7) is 0. The molecule has 6 heteroatoms. The highest BCUT2D eigenvalue weighted by atomic mass is 32.2. The number of nitrogens with zero attached hydrogens (tertiary/aromatic N) is 2. The second-order valence-corrected chi connectivity index (χ2v) is 8.63. The first-order valence-electron chi connectivity index (χ1n) is 7.79. The molecule has 2 rings (SSSR count). The molecular weight excluding hydrogens is 292 g/mol. The van der Waals surface area contributed by atoms with Gasteiger partial charge >= 0.3 is 0 Å². The number of rotatable bonds is 7. The van der Waals surface area contributed by atoms with Crippen LogP contribution in [0.2, 0.25) is 0 Å². The maximum atomic E-state index is 11.1. The third-order valence-corrected chi connectivity index (χ3v) is 7.35. The van der Waals surface area contributed by atoms with E-state index in [0.29, 0.717) is 10.5 Å². The predicted octanol–water partition coefficient (Wildman–Crippen LogP) is 5.30. The summed E-state index contributed by atoms with van der Waals surface area (Å²) in [6.07, 6.45) is 12.1. The van der Waals surface area contributed by atoms with Crippen molar-refractivity contribution in [2.75, 3.05) is 0 Å². The monoisotopic (exact) mass is 316 g/mol. The lowest BCUT2D eigenvalue weighted by Gasteiger charge is -2.27. The van der Waals surface area contributed by atoms with E-state index in [4.69, 9.17) is 0 Å². The van der Waals surface area contributed by atoms with E-state index in [2.05, 4.69) is 10.4 Å². The topological polar surface area (TPSA) is 58.9 Å². The van der Waals surface area contributed by atoms with E-state index in [-0.39, 0.29) is 0 Å². The van der Waals surface area contributed by atoms with Gasteiger partial charge in [-0.2, -0.15) is 0 Å². The molecular formula is C14H24N2O2S2. The molecule has 0 aliphatic heterocycles. The molecule has 114 valence electrons. The van der Waals surface area contributed by atoms with E-state index in [1.807, 2.05) is 0 Å². The van der Waals surface area contributed by atoms with Crippen LogP contribution < -0.4 is 0 Å². The van der Waals surface area contributed by atoms with Crippen LogP contribution in [0.4, 0.5) is 0 Å². The Morgan fingerprint density at radius 1 is 0.650 bits per heavy atom. The summed E-state index contributed by atoms with van der Waals surface area (Å²) in [5.74, 6) is 0. The third-order valence-electron chi connectivity index (χ3n) is 4.22. The lowest BCUT2D eigenvalue weighted by atomic mass is 10.0. The molecule has 0 spiro atoms. The second-order valence-electron chi connectivity index (χ2n) is 5.78. The number of thioether (sulfide) groups is 2. The summed E-state index contributed by atoms with van der Waals surface area (Å²) < 4.78 is 0. The van der Waals surface area contributed by atoms with Gasteiger partial charge in [0.2, 0.25) is 0 Å². The Balaban J connectivity index is 1.84. The highest BCUT2D eigenvalue weighted by Gasteiger charge is 2.31. The SMILES string of the molecule is O=NC(SC1CCCCC1)C(N=O)SC1CCCCC1. The molecule has 0 aromatic carbocycles. The van der Waals surface area contributed by atoms with Gasteiger partial charge in [-0.15, -0.1) is 33.3 Å². The largest absolute Gasteiger partial charge is 0.173 e. The zero-order valence-electron chi connectivity index (χ0n) is 11.9. The molecule has 0 heterocycles. The predicted molar refractivity (Wildman–Crippen MR) is 88.1 cm³/mol. The molecule has 4 nitrogen and oxygen atoms in total. The Kier molecular flexibility index (Phi) is 7.35. The van der Waals surface area contributed by atoms with Crippen molar-refractivity contribution in [3.8, 4) is 0 Å². The van der Waals surface area contributed by atoms with Crippen LogP contribution in [0.5, 0.6) is 0 Å². The van der Waals surface area contributed by atoms with E-state index < -0.39 is 10.7 Å². The molecule has 2 unspecified atom stereocenters. The van der Waals surface area contributed by atoms with Crippen LogP contribution in [-0.4, -0.2) is 21.2 Å². The van der Waals surface area contributed by atoms with E-state index in [0.717, 1.165) is 25.7 Å². The molecule has 0 bridgehead atoms. The molecule has 0 radical (unpaired) electrons. The molecule has 2 saturated carbocycles. The number of nitroso groups, excluding NO2 is 2. The van der Waals surface area contributed by atoms with Gasteiger partial charge in [0.05, 0.1) is 0 Å². The smallest absolute Gasteiger partial charge is 0.149 e. The highest BCUT2D eigenvalue weighted by Crippen LogP contribution is 2.39. The van der Waals surface area contributed by atoms with Gasteiger partial charge in [-0.3, -0.25) is 0 Å². The van der Waals surface area contributed by atoms with Gasteiger partial charge in [-0.1, -0.05) is 48.9 Å². The number of hydrogen-bond donors (Lipinski definition) is 0. The van der Waals surface area contributed by atoms with Crippen molar-refractivity contribution in [3.63, 3.8) is 0 Å². The van der Waals surface area contributed by atoms with E-state index in [9.17, 15) is 9.81 Å². The minimum atomic E-state index is -0.498. The Bertz CT molecular complexity index is 276. The molecule has 0 N–H and O–H groups in total. The zero-order chi connectivity index (χ0) is 14.2. The van der Waals surface area contributed by atoms with Crippen molar-refractivity contribution in [2.45, 2.75) is 85.5 Å². The van der Waals surface area contributed by atoms with Crippen LogP contribution in [0.25, 0.3) is 0 Å². The summed E-state index contributed by atoms with van der Waals surface area (Å²) >= 11 is 3.19. The lowest BCUT2D eigenvalue weighted by molar-refractivity contribution is 0.512. The van der Waals surface area contributed by atoms with Crippen LogP contribution in [0.3, 0.4) is 0 Å². The average Bonchev–Trinajstić information content (AvgIpc) is 2.52. The first-order chi connectivity index (χ1) is 9.83. The van der Waals surface area contributed by atoms with Gasteiger partial charge in [0.15, 0.2) is 10.7 Å². The Labute approximate surface area is 129 Å². The first-order valence-corrected chi connectivity index (χ1v) is 9.68. The lowest BCUT2D eigenvalue weighted by Crippen LogP contribution is -2.23. The Hall–Kier alpha value is -0.100. The fourth-order valence-electron chi connectivity index (χ4n) is 3.09. The van der Waals surface area contributed by atoms with Gasteiger partial charge in [0.25, 0.3) is 0 Å². The summed E-state index contributed by atoms with van der Waals surface area (Å²) in [5.41, 5.74) is 0. The van der Waals surface area contributed by atoms with Crippen molar-refractivity contribution in [1.29, 1.82) is 0 Å². The molecule has 0 saturated heterocycles. The van der Waals surface area contributed by atoms with Crippen molar-refractivity contribution in [3.05, 3.63) is 9.81 Å². The molecule has 2 atom stereocenters. The standard InChI is InChI=1S/C14H24N2O2S2/c17-15-13(19-11-7-3-1-4-8-11)14(16-18)20-12-9-5-2-6-10-12/h11-14H,1-10H2. The minimum absolute atomic E-state index is 0.489. The highest BCUT2D eigenvalue weighted by molar-refractivity contribution is 8.04.